The molecule has 3 aromatic rings. The quantitative estimate of drug-likeness (QED) is 0.515. The van der Waals surface area contributed by atoms with Crippen molar-refractivity contribution in [3.63, 3.8) is 0 Å². The summed E-state index contributed by atoms with van der Waals surface area (Å²) >= 11 is 0. The van der Waals surface area contributed by atoms with E-state index in [1.807, 2.05) is 0 Å². The molecule has 0 saturated heterocycles. The second-order valence-corrected chi connectivity index (χ2v) is 8.30. The smallest absolute Gasteiger partial charge is 0.307 e. The predicted octanol–water partition coefficient (Wildman–Crippen LogP) is 3.21. The molecule has 3 rings (SSSR count). The molecule has 0 aliphatic heterocycles. The van der Waals surface area contributed by atoms with E-state index in [1.165, 1.54) is 12.1 Å². The van der Waals surface area contributed by atoms with Crippen molar-refractivity contribution in [2.75, 3.05) is 12.9 Å². The number of ether oxygens (including phenoxy) is 2. The Bertz CT molecular complexity index is 1060. The fraction of sp³-hybridized carbons (Fsp3) is 0.250. The Morgan fingerprint density at radius 1 is 1.07 bits per heavy atom. The highest BCUT2D eigenvalue weighted by molar-refractivity contribution is 7.91. The molecule has 9 heteroatoms. The lowest BCUT2D eigenvalue weighted by atomic mass is 10.2. The van der Waals surface area contributed by atoms with Gasteiger partial charge < -0.3 is 13.9 Å². The van der Waals surface area contributed by atoms with E-state index in [0.717, 1.165) is 0 Å². The van der Waals surface area contributed by atoms with Gasteiger partial charge >= 0.3 is 5.97 Å². The summed E-state index contributed by atoms with van der Waals surface area (Å²) < 4.78 is 40.4. The monoisotopic (exact) mass is 416 g/mol. The van der Waals surface area contributed by atoms with E-state index in [2.05, 4.69) is 10.2 Å². The van der Waals surface area contributed by atoms with Crippen LogP contribution in [0.4, 0.5) is 0 Å². The summed E-state index contributed by atoms with van der Waals surface area (Å²) in [6.45, 7) is 1.58. The van der Waals surface area contributed by atoms with Gasteiger partial charge in [-0.15, -0.1) is 10.2 Å². The average molecular weight is 416 g/mol. The highest BCUT2D eigenvalue weighted by Crippen LogP contribution is 2.24. The Balaban J connectivity index is 1.58. The molecule has 0 saturated carbocycles. The largest absolute Gasteiger partial charge is 0.497 e. The number of rotatable bonds is 8. The second kappa shape index (κ2) is 8.87. The summed E-state index contributed by atoms with van der Waals surface area (Å²) in [5.74, 6) is 0.0819. The molecule has 1 atom stereocenters. The molecule has 0 radical (unpaired) electrons. The minimum atomic E-state index is -3.56. The lowest BCUT2D eigenvalue weighted by molar-refractivity contribution is -0.149. The van der Waals surface area contributed by atoms with Crippen LogP contribution in [0.3, 0.4) is 0 Å². The topological polar surface area (TPSA) is 109 Å². The van der Waals surface area contributed by atoms with Crippen LogP contribution in [0.25, 0.3) is 11.5 Å². The number of benzene rings is 2. The van der Waals surface area contributed by atoms with Crippen LogP contribution < -0.4 is 4.74 Å². The van der Waals surface area contributed by atoms with E-state index >= 15 is 0 Å². The predicted molar refractivity (Wildman–Crippen MR) is 104 cm³/mol. The van der Waals surface area contributed by atoms with Crippen molar-refractivity contribution in [2.45, 2.75) is 24.3 Å². The first-order chi connectivity index (χ1) is 13.9. The van der Waals surface area contributed by atoms with Crippen molar-refractivity contribution in [1.29, 1.82) is 0 Å². The molecular formula is C20H20N2O6S. The van der Waals surface area contributed by atoms with Crippen molar-refractivity contribution in [3.8, 4) is 17.2 Å². The number of aromatic nitrogens is 2. The minimum Gasteiger partial charge on any atom is -0.497 e. The van der Waals surface area contributed by atoms with E-state index in [0.29, 0.717) is 11.3 Å². The van der Waals surface area contributed by atoms with Crippen LogP contribution in [0.5, 0.6) is 5.75 Å². The third-order valence-electron chi connectivity index (χ3n) is 4.11. The molecule has 152 valence electrons. The summed E-state index contributed by atoms with van der Waals surface area (Å²) in [6, 6.07) is 15.0. The van der Waals surface area contributed by atoms with Gasteiger partial charge in [0.2, 0.25) is 5.89 Å². The number of carbonyl (C=O) groups excluding carboxylic acids is 1. The second-order valence-electron chi connectivity index (χ2n) is 6.19. The summed E-state index contributed by atoms with van der Waals surface area (Å²) in [6.07, 6.45) is -1.08. The van der Waals surface area contributed by atoms with Crippen LogP contribution in [0.2, 0.25) is 0 Å². The molecule has 0 unspecified atom stereocenters. The van der Waals surface area contributed by atoms with Gasteiger partial charge in [-0.25, -0.2) is 8.42 Å². The molecule has 0 fully saturated rings. The standard InChI is InChI=1S/C20H20N2O6S/c1-14(19-21-22-20(28-19)15-8-10-16(26-2)11-9-15)27-18(23)12-13-29(24,25)17-6-4-3-5-7-17/h3-11,14H,12-13H2,1-2H3/t14-/m0/s1. The lowest BCUT2D eigenvalue weighted by Gasteiger charge is -2.09. The van der Waals surface area contributed by atoms with Crippen molar-refractivity contribution < 1.29 is 27.1 Å². The third-order valence-corrected chi connectivity index (χ3v) is 5.84. The van der Waals surface area contributed by atoms with Crippen molar-refractivity contribution in [2.24, 2.45) is 0 Å². The van der Waals surface area contributed by atoms with Crippen LogP contribution >= 0.6 is 0 Å². The van der Waals surface area contributed by atoms with Crippen LogP contribution in [0.15, 0.2) is 63.9 Å². The Labute approximate surface area is 168 Å². The van der Waals surface area contributed by atoms with Crippen molar-refractivity contribution >= 4 is 15.8 Å². The van der Waals surface area contributed by atoms with Gasteiger partial charge in [0, 0.05) is 5.56 Å². The maximum absolute atomic E-state index is 12.2. The molecule has 29 heavy (non-hydrogen) atoms. The fourth-order valence-electron chi connectivity index (χ4n) is 2.52. The highest BCUT2D eigenvalue weighted by Gasteiger charge is 2.21. The van der Waals surface area contributed by atoms with Gasteiger partial charge in [0.1, 0.15) is 5.75 Å². The molecule has 8 nitrogen and oxygen atoms in total. The summed E-state index contributed by atoms with van der Waals surface area (Å²) in [5, 5.41) is 7.85. The third kappa shape index (κ3) is 5.20. The maximum Gasteiger partial charge on any atom is 0.307 e. The number of nitrogens with zero attached hydrogens (tertiary/aromatic N) is 2. The zero-order valence-electron chi connectivity index (χ0n) is 15.9. The molecule has 1 aromatic heterocycles. The number of sulfone groups is 1. The van der Waals surface area contributed by atoms with Crippen molar-refractivity contribution in [3.05, 3.63) is 60.5 Å². The van der Waals surface area contributed by atoms with Gasteiger partial charge in [0.25, 0.3) is 5.89 Å². The first-order valence-corrected chi connectivity index (χ1v) is 10.5. The summed E-state index contributed by atoms with van der Waals surface area (Å²) in [5.41, 5.74) is 0.692. The van der Waals surface area contributed by atoms with Gasteiger partial charge in [0.15, 0.2) is 15.9 Å². The molecule has 0 aliphatic carbocycles. The molecule has 0 amide bonds. The first kappa shape index (κ1) is 20.5. The molecule has 0 aliphatic rings. The van der Waals surface area contributed by atoms with E-state index in [1.54, 1.807) is 56.5 Å². The number of carbonyl (C=O) groups is 1. The van der Waals surface area contributed by atoms with Gasteiger partial charge in [0.05, 0.1) is 24.2 Å². The average Bonchev–Trinajstić information content (AvgIpc) is 3.23. The number of hydrogen-bond acceptors (Lipinski definition) is 8. The number of hydrogen-bond donors (Lipinski definition) is 0. The molecule has 0 bridgehead atoms. The normalized spacial score (nSPS) is 12.3. The lowest BCUT2D eigenvalue weighted by Crippen LogP contribution is -2.15. The molecule has 1 heterocycles. The molecule has 0 N–H and O–H groups in total. The van der Waals surface area contributed by atoms with Crippen LogP contribution in [0.1, 0.15) is 25.3 Å². The van der Waals surface area contributed by atoms with Crippen LogP contribution in [-0.2, 0) is 19.4 Å². The molecule has 2 aromatic carbocycles. The first-order valence-electron chi connectivity index (χ1n) is 8.84. The Morgan fingerprint density at radius 3 is 2.41 bits per heavy atom. The van der Waals surface area contributed by atoms with Gasteiger partial charge in [-0.2, -0.15) is 0 Å². The van der Waals surface area contributed by atoms with E-state index in [-0.39, 0.29) is 28.9 Å². The Hall–Kier alpha value is -3.20. The van der Waals surface area contributed by atoms with Crippen LogP contribution in [0, 0.1) is 0 Å². The molecule has 0 spiro atoms. The SMILES string of the molecule is COc1ccc(-c2nnc([C@H](C)OC(=O)CCS(=O)(=O)c3ccccc3)o2)cc1. The maximum atomic E-state index is 12.2. The summed E-state index contributed by atoms with van der Waals surface area (Å²) in [4.78, 5) is 12.2. The minimum absolute atomic E-state index is 0.120. The number of methoxy groups -OCH3 is 1. The van der Waals surface area contributed by atoms with Crippen molar-refractivity contribution in [1.82, 2.24) is 10.2 Å². The summed E-state index contributed by atoms with van der Waals surface area (Å²) in [7, 11) is -1.99. The Kier molecular flexibility index (Phi) is 6.28. The zero-order chi connectivity index (χ0) is 20.9. The fourth-order valence-corrected chi connectivity index (χ4v) is 3.76. The molecular weight excluding hydrogens is 396 g/mol. The van der Waals surface area contributed by atoms with E-state index in [4.69, 9.17) is 13.9 Å². The van der Waals surface area contributed by atoms with Crippen LogP contribution in [-0.4, -0.2) is 37.4 Å². The van der Waals surface area contributed by atoms with Gasteiger partial charge in [-0.3, -0.25) is 4.79 Å². The zero-order valence-corrected chi connectivity index (χ0v) is 16.8. The number of esters is 1. The van der Waals surface area contributed by atoms with E-state index < -0.39 is 21.9 Å². The van der Waals surface area contributed by atoms with Gasteiger partial charge in [-0.1, -0.05) is 18.2 Å². The van der Waals surface area contributed by atoms with E-state index in [9.17, 15) is 13.2 Å². The highest BCUT2D eigenvalue weighted by atomic mass is 32.2. The Morgan fingerprint density at radius 2 is 1.76 bits per heavy atom. The van der Waals surface area contributed by atoms with Gasteiger partial charge in [-0.05, 0) is 43.3 Å².